The molecule has 0 saturated heterocycles. The van der Waals surface area contributed by atoms with Crippen LogP contribution in [0.1, 0.15) is 0 Å². The maximum absolute atomic E-state index is 13.6. The molecule has 1 rings (SSSR count). The van der Waals surface area contributed by atoms with Crippen LogP contribution in [-0.4, -0.2) is 64.6 Å². The molecule has 0 amide bonds. The Labute approximate surface area is 209 Å². The molecule has 0 bridgehead atoms. The van der Waals surface area contributed by atoms with E-state index in [0.29, 0.717) is 0 Å². The minimum atomic E-state index is -8.23. The summed E-state index contributed by atoms with van der Waals surface area (Å²) in [6.45, 7) is 0. The van der Waals surface area contributed by atoms with Crippen molar-refractivity contribution in [1.82, 2.24) is 0 Å². The Hall–Kier alpha value is -1.40. The largest absolute Gasteiger partial charge is 0.741 e. The van der Waals surface area contributed by atoms with Crippen molar-refractivity contribution >= 4 is 10.1 Å². The molecule has 0 heterocycles. The van der Waals surface area contributed by atoms with Gasteiger partial charge >= 0.3 is 68.4 Å². The quantitative estimate of drug-likeness (QED) is 0.135. The normalized spacial score (nSPS) is 15.1. The van der Waals surface area contributed by atoms with Crippen molar-refractivity contribution in [3.63, 3.8) is 0 Å². The van der Waals surface area contributed by atoms with Gasteiger partial charge in [-0.3, -0.25) is 0 Å². The van der Waals surface area contributed by atoms with E-state index in [1.165, 1.54) is 18.2 Å². The Morgan fingerprint density at radius 3 is 1.21 bits per heavy atom. The van der Waals surface area contributed by atoms with Crippen LogP contribution >= 0.6 is 0 Å². The minimum absolute atomic E-state index is 0.101. The molecule has 0 fully saturated rings. The molecule has 0 spiro atoms. The first-order valence-electron chi connectivity index (χ1n) is 8.33. The summed E-state index contributed by atoms with van der Waals surface area (Å²) < 4.78 is 252. The fraction of sp³-hybridized carbons (Fsp3) is 0.600. The predicted molar refractivity (Wildman–Crippen MR) is 81.5 cm³/mol. The zero-order chi connectivity index (χ0) is 31.0. The molecule has 0 saturated carbocycles. The van der Waals surface area contributed by atoms with E-state index >= 15 is 0 Å². The van der Waals surface area contributed by atoms with E-state index in [-0.39, 0.29) is 3.57 Å². The average Bonchev–Trinajstić information content (AvgIpc) is 2.70. The van der Waals surface area contributed by atoms with Crippen LogP contribution in [0.4, 0.5) is 79.0 Å². The van der Waals surface area contributed by atoms with Crippen molar-refractivity contribution < 1.29 is 113 Å². The van der Waals surface area contributed by atoms with Gasteiger partial charge in [0.2, 0.25) is 4.43 Å². The topological polar surface area (TPSA) is 57.2 Å². The number of hydrogen-bond acceptors (Lipinski definition) is 3. The van der Waals surface area contributed by atoms with E-state index in [1.54, 1.807) is 0 Å². The highest BCUT2D eigenvalue weighted by Gasteiger charge is 2.93. The van der Waals surface area contributed by atoms with Gasteiger partial charge in [0.15, 0.2) is 13.7 Å². The molecule has 0 radical (unpaired) electrons. The van der Waals surface area contributed by atoms with Gasteiger partial charge in [0.05, 0.1) is 0 Å². The van der Waals surface area contributed by atoms with Crippen molar-refractivity contribution in [2.75, 3.05) is 4.43 Å². The van der Waals surface area contributed by atoms with Crippen molar-refractivity contribution in [3.05, 3.63) is 33.9 Å². The van der Waals surface area contributed by atoms with Crippen LogP contribution in [0.25, 0.3) is 0 Å². The third-order valence-corrected chi connectivity index (χ3v) is 7.30. The first kappa shape index (κ1) is 36.6. The van der Waals surface area contributed by atoms with Gasteiger partial charge in [0.25, 0.3) is 0 Å². The Kier molecular flexibility index (Phi) is 10.5. The second kappa shape index (κ2) is 10.9. The molecular formula is C15H7F18IO3S. The lowest BCUT2D eigenvalue weighted by molar-refractivity contribution is -0.651. The van der Waals surface area contributed by atoms with Crippen molar-refractivity contribution in [2.24, 2.45) is 0 Å². The van der Waals surface area contributed by atoms with Gasteiger partial charge in [0, 0.05) is 0 Å². The molecule has 0 aliphatic heterocycles. The molecule has 38 heavy (non-hydrogen) atoms. The Morgan fingerprint density at radius 1 is 0.579 bits per heavy atom. The Balaban J connectivity index is 0.00000147. The third kappa shape index (κ3) is 6.83. The summed E-state index contributed by atoms with van der Waals surface area (Å²) in [4.78, 5) is 0. The fourth-order valence-electron chi connectivity index (χ4n) is 1.75. The first-order chi connectivity index (χ1) is 16.3. The van der Waals surface area contributed by atoms with E-state index in [9.17, 15) is 79.0 Å². The molecule has 1 aromatic carbocycles. The van der Waals surface area contributed by atoms with Crippen LogP contribution in [0.2, 0.25) is 0 Å². The van der Waals surface area contributed by atoms with E-state index in [4.69, 9.17) is 13.0 Å². The minimum Gasteiger partial charge on any atom is -0.741 e. The van der Waals surface area contributed by atoms with E-state index < -0.39 is 83.0 Å². The van der Waals surface area contributed by atoms with Crippen LogP contribution in [0, 0.1) is 3.57 Å². The lowest BCUT2D eigenvalue weighted by atomic mass is 9.91. The fourth-order valence-corrected chi connectivity index (χ4v) is 4.07. The summed E-state index contributed by atoms with van der Waals surface area (Å²) in [6, 6.07) is 5.86. The molecular weight excluding hydrogens is 729 g/mol. The summed E-state index contributed by atoms with van der Waals surface area (Å²) in [5, 5.41) is 0. The number of halogens is 19. The van der Waals surface area contributed by atoms with Crippen LogP contribution in [0.3, 0.4) is 0 Å². The first-order valence-corrected chi connectivity index (χ1v) is 12.3. The second-order valence-corrected chi connectivity index (χ2v) is 10.7. The van der Waals surface area contributed by atoms with Crippen LogP contribution < -0.4 is 21.2 Å². The van der Waals surface area contributed by atoms with Crippen molar-refractivity contribution in [1.29, 1.82) is 0 Å². The number of alkyl halides is 19. The van der Waals surface area contributed by atoms with Crippen molar-refractivity contribution in [2.45, 2.75) is 47.2 Å². The van der Waals surface area contributed by atoms with Gasteiger partial charge in [-0.25, -0.2) is 8.42 Å². The van der Waals surface area contributed by atoms with Crippen LogP contribution in [0.5, 0.6) is 0 Å². The highest BCUT2D eigenvalue weighted by Crippen LogP contribution is 2.62. The van der Waals surface area contributed by atoms with Crippen molar-refractivity contribution in [3.8, 4) is 0 Å². The number of rotatable bonds is 8. The van der Waals surface area contributed by atoms with Gasteiger partial charge in [0.1, 0.15) is 0 Å². The van der Waals surface area contributed by atoms with Gasteiger partial charge in [-0.05, 0) is 12.1 Å². The maximum atomic E-state index is 13.6. The lowest BCUT2D eigenvalue weighted by Crippen LogP contribution is -3.63. The summed E-state index contributed by atoms with van der Waals surface area (Å²) >= 11 is -2.31. The monoisotopic (exact) mass is 736 g/mol. The van der Waals surface area contributed by atoms with Crippen LogP contribution in [-0.2, 0) is 10.1 Å². The standard InChI is InChI=1S/C14H7F15I.CHF3O3S/c15-8(16,6-30-7-4-2-1-3-5-7)9(17,18)10(19,20)11(21,22)12(23,24)13(25,26)14(27,28)29;2-1(3,4)8(5,6)7/h1-5H,6H2;(H,5,6,7)/q+1;/p-1. The molecule has 0 aliphatic carbocycles. The summed E-state index contributed by atoms with van der Waals surface area (Å²) in [5.74, 6) is -45.9. The van der Waals surface area contributed by atoms with E-state index in [2.05, 4.69) is 0 Å². The van der Waals surface area contributed by atoms with E-state index in [0.717, 1.165) is 12.1 Å². The smallest absolute Gasteiger partial charge is 0.485 e. The lowest BCUT2D eigenvalue weighted by Gasteiger charge is -2.40. The zero-order valence-electron chi connectivity index (χ0n) is 16.9. The molecule has 0 unspecified atom stereocenters. The molecule has 0 aliphatic rings. The molecule has 0 aromatic heterocycles. The molecule has 0 N–H and O–H groups in total. The second-order valence-electron chi connectivity index (χ2n) is 6.54. The molecule has 23 heteroatoms. The van der Waals surface area contributed by atoms with Gasteiger partial charge in [-0.2, -0.15) is 79.0 Å². The van der Waals surface area contributed by atoms with Gasteiger partial charge < -0.3 is 4.55 Å². The summed E-state index contributed by atoms with van der Waals surface area (Å²) in [7, 11) is -6.09. The number of benzene rings is 1. The predicted octanol–water partition coefficient (Wildman–Crippen LogP) is 3.37. The Morgan fingerprint density at radius 2 is 0.895 bits per heavy atom. The molecule has 224 valence electrons. The third-order valence-electron chi connectivity index (χ3n) is 3.80. The van der Waals surface area contributed by atoms with Gasteiger partial charge in [-0.1, -0.05) is 18.2 Å². The highest BCUT2D eigenvalue weighted by molar-refractivity contribution is 7.86. The summed E-state index contributed by atoms with van der Waals surface area (Å²) in [5.41, 5.74) is -5.65. The van der Waals surface area contributed by atoms with E-state index in [1.807, 2.05) is 0 Å². The number of hydrogen-bond donors (Lipinski definition) is 0. The zero-order valence-corrected chi connectivity index (χ0v) is 19.9. The molecule has 1 aromatic rings. The van der Waals surface area contributed by atoms with Crippen LogP contribution in [0.15, 0.2) is 30.3 Å². The van der Waals surface area contributed by atoms with Gasteiger partial charge in [-0.15, -0.1) is 0 Å². The SMILES string of the molecule is FC(F)(F)C(F)(F)C(F)(F)C(F)(F)C(F)(F)C(F)(F)C(F)(F)C[I+]c1ccccc1.O=S(=O)([O-])C(F)(F)F. The molecule has 0 atom stereocenters. The highest BCUT2D eigenvalue weighted by atomic mass is 127. The average molecular weight is 736 g/mol. The molecule has 3 nitrogen and oxygen atoms in total. The Bertz CT molecular complexity index is 1030. The summed E-state index contributed by atoms with van der Waals surface area (Å²) in [6.07, 6.45) is -7.59. The maximum Gasteiger partial charge on any atom is 0.485 e.